The van der Waals surface area contributed by atoms with Crippen LogP contribution in [0.5, 0.6) is 0 Å². The van der Waals surface area contributed by atoms with Gasteiger partial charge in [-0.05, 0) is 55.3 Å². The Balaban J connectivity index is 2.72. The maximum atomic E-state index is 4.26. The molecule has 96 valence electrons. The van der Waals surface area contributed by atoms with E-state index in [0.29, 0.717) is 5.92 Å². The number of aryl methyl sites for hydroxylation is 1. The fourth-order valence-electron chi connectivity index (χ4n) is 1.93. The van der Waals surface area contributed by atoms with E-state index < -0.39 is 0 Å². The lowest BCUT2D eigenvalue weighted by molar-refractivity contribution is 0.328. The van der Waals surface area contributed by atoms with Crippen molar-refractivity contribution in [2.75, 3.05) is 19.3 Å². The Bertz CT molecular complexity index is 347. The molecule has 0 aliphatic rings. The van der Waals surface area contributed by atoms with E-state index in [2.05, 4.69) is 63.5 Å². The Hall–Kier alpha value is -0.470. The minimum atomic E-state index is 0.608. The van der Waals surface area contributed by atoms with E-state index in [1.165, 1.54) is 16.7 Å². The molecule has 1 nitrogen and oxygen atoms in total. The maximum absolute atomic E-state index is 4.26. The van der Waals surface area contributed by atoms with Gasteiger partial charge < -0.3 is 4.90 Å². The van der Waals surface area contributed by atoms with Crippen LogP contribution in [0.3, 0.4) is 0 Å². The molecule has 1 aromatic rings. The van der Waals surface area contributed by atoms with E-state index >= 15 is 0 Å². The standard InChI is InChI=1S/C15H25NS/c1-12(2)14-7-6-13(3)15(10-14)11-16(4)8-5-9-17/h6-7,10,12,17H,5,8-9,11H2,1-4H3. The van der Waals surface area contributed by atoms with Crippen LogP contribution in [0.2, 0.25) is 0 Å². The van der Waals surface area contributed by atoms with E-state index in [1.54, 1.807) is 0 Å². The zero-order chi connectivity index (χ0) is 12.8. The highest BCUT2D eigenvalue weighted by atomic mass is 32.1. The molecule has 0 atom stereocenters. The second kappa shape index (κ2) is 7.07. The van der Waals surface area contributed by atoms with Crippen molar-refractivity contribution in [2.45, 2.75) is 39.7 Å². The molecule has 0 radical (unpaired) electrons. The first kappa shape index (κ1) is 14.6. The molecule has 0 aliphatic carbocycles. The van der Waals surface area contributed by atoms with Gasteiger partial charge in [-0.1, -0.05) is 32.0 Å². The third kappa shape index (κ3) is 4.72. The van der Waals surface area contributed by atoms with Crippen LogP contribution in [-0.4, -0.2) is 24.2 Å². The monoisotopic (exact) mass is 251 g/mol. The number of hydrogen-bond acceptors (Lipinski definition) is 2. The molecule has 0 saturated heterocycles. The van der Waals surface area contributed by atoms with Crippen LogP contribution in [0.25, 0.3) is 0 Å². The zero-order valence-corrected chi connectivity index (χ0v) is 12.4. The van der Waals surface area contributed by atoms with E-state index in [0.717, 1.165) is 25.3 Å². The van der Waals surface area contributed by atoms with Crippen molar-refractivity contribution >= 4 is 12.6 Å². The average molecular weight is 251 g/mol. The van der Waals surface area contributed by atoms with E-state index in [1.807, 2.05) is 0 Å². The third-order valence-electron chi connectivity index (χ3n) is 3.18. The summed E-state index contributed by atoms with van der Waals surface area (Å²) in [6.45, 7) is 8.86. The van der Waals surface area contributed by atoms with Crippen LogP contribution < -0.4 is 0 Å². The lowest BCUT2D eigenvalue weighted by Crippen LogP contribution is -2.20. The van der Waals surface area contributed by atoms with Gasteiger partial charge in [-0.25, -0.2) is 0 Å². The molecule has 0 heterocycles. The Labute approximate surface area is 112 Å². The SMILES string of the molecule is Cc1ccc(C(C)C)cc1CN(C)CCCS. The van der Waals surface area contributed by atoms with Crippen molar-refractivity contribution in [3.05, 3.63) is 34.9 Å². The number of benzene rings is 1. The van der Waals surface area contributed by atoms with Gasteiger partial charge in [-0.2, -0.15) is 12.6 Å². The largest absolute Gasteiger partial charge is 0.302 e. The summed E-state index contributed by atoms with van der Waals surface area (Å²) in [5.74, 6) is 1.58. The lowest BCUT2D eigenvalue weighted by atomic mass is 9.97. The van der Waals surface area contributed by atoms with Gasteiger partial charge >= 0.3 is 0 Å². The maximum Gasteiger partial charge on any atom is 0.0233 e. The van der Waals surface area contributed by atoms with Gasteiger partial charge in [-0.3, -0.25) is 0 Å². The summed E-state index contributed by atoms with van der Waals surface area (Å²) in [5, 5.41) is 0. The van der Waals surface area contributed by atoms with E-state index in [-0.39, 0.29) is 0 Å². The van der Waals surface area contributed by atoms with Crippen LogP contribution in [0.15, 0.2) is 18.2 Å². The first-order valence-electron chi connectivity index (χ1n) is 6.43. The van der Waals surface area contributed by atoms with Gasteiger partial charge in [0.25, 0.3) is 0 Å². The highest BCUT2D eigenvalue weighted by Gasteiger charge is 2.06. The Morgan fingerprint density at radius 1 is 1.29 bits per heavy atom. The van der Waals surface area contributed by atoms with Crippen molar-refractivity contribution in [3.8, 4) is 0 Å². The molecular weight excluding hydrogens is 226 g/mol. The van der Waals surface area contributed by atoms with Gasteiger partial charge in [0.15, 0.2) is 0 Å². The summed E-state index contributed by atoms with van der Waals surface area (Å²) in [7, 11) is 2.19. The van der Waals surface area contributed by atoms with Crippen LogP contribution in [0.4, 0.5) is 0 Å². The van der Waals surface area contributed by atoms with Gasteiger partial charge in [0, 0.05) is 6.54 Å². The van der Waals surface area contributed by atoms with Crippen molar-refractivity contribution in [3.63, 3.8) is 0 Å². The number of nitrogens with zero attached hydrogens (tertiary/aromatic N) is 1. The molecule has 0 aliphatic heterocycles. The molecule has 0 amide bonds. The van der Waals surface area contributed by atoms with Gasteiger partial charge in [0.05, 0.1) is 0 Å². The molecule has 0 fully saturated rings. The molecule has 1 rings (SSSR count). The fourth-order valence-corrected chi connectivity index (χ4v) is 2.07. The third-order valence-corrected chi connectivity index (χ3v) is 3.49. The van der Waals surface area contributed by atoms with Gasteiger partial charge in [-0.15, -0.1) is 0 Å². The number of thiol groups is 1. The summed E-state index contributed by atoms with van der Waals surface area (Å²) in [6, 6.07) is 6.85. The predicted octanol–water partition coefficient (Wildman–Crippen LogP) is 3.87. The zero-order valence-electron chi connectivity index (χ0n) is 11.5. The normalized spacial score (nSPS) is 11.5. The molecular formula is C15H25NS. The first-order chi connectivity index (χ1) is 8.04. The van der Waals surface area contributed by atoms with Crippen molar-refractivity contribution in [1.29, 1.82) is 0 Å². The minimum absolute atomic E-state index is 0.608. The Morgan fingerprint density at radius 2 is 2.00 bits per heavy atom. The first-order valence-corrected chi connectivity index (χ1v) is 7.06. The average Bonchev–Trinajstić information content (AvgIpc) is 2.29. The minimum Gasteiger partial charge on any atom is -0.302 e. The summed E-state index contributed by atoms with van der Waals surface area (Å²) in [6.07, 6.45) is 1.16. The van der Waals surface area contributed by atoms with E-state index in [4.69, 9.17) is 0 Å². The van der Waals surface area contributed by atoms with Crippen LogP contribution in [0, 0.1) is 6.92 Å². The van der Waals surface area contributed by atoms with Crippen molar-refractivity contribution in [2.24, 2.45) is 0 Å². The molecule has 1 aromatic carbocycles. The Kier molecular flexibility index (Phi) is 6.07. The summed E-state index contributed by atoms with van der Waals surface area (Å²) >= 11 is 4.26. The topological polar surface area (TPSA) is 3.24 Å². The molecule has 0 spiro atoms. The van der Waals surface area contributed by atoms with Crippen molar-refractivity contribution in [1.82, 2.24) is 4.90 Å². The van der Waals surface area contributed by atoms with Crippen LogP contribution >= 0.6 is 12.6 Å². The van der Waals surface area contributed by atoms with Crippen LogP contribution in [0.1, 0.15) is 42.9 Å². The molecule has 0 aromatic heterocycles. The molecule has 17 heavy (non-hydrogen) atoms. The highest BCUT2D eigenvalue weighted by Crippen LogP contribution is 2.19. The smallest absolute Gasteiger partial charge is 0.0233 e. The number of rotatable bonds is 6. The van der Waals surface area contributed by atoms with Gasteiger partial charge in [0.1, 0.15) is 0 Å². The summed E-state index contributed by atoms with van der Waals surface area (Å²) in [5.41, 5.74) is 4.29. The molecule has 0 unspecified atom stereocenters. The fraction of sp³-hybridized carbons (Fsp3) is 0.600. The highest BCUT2D eigenvalue weighted by molar-refractivity contribution is 7.80. The van der Waals surface area contributed by atoms with Crippen LogP contribution in [-0.2, 0) is 6.54 Å². The molecule has 0 saturated carbocycles. The predicted molar refractivity (Wildman–Crippen MR) is 80.1 cm³/mol. The van der Waals surface area contributed by atoms with Crippen molar-refractivity contribution < 1.29 is 0 Å². The second-order valence-corrected chi connectivity index (χ2v) is 5.60. The molecule has 0 N–H and O–H groups in total. The number of hydrogen-bond donors (Lipinski definition) is 1. The summed E-state index contributed by atoms with van der Waals surface area (Å²) in [4.78, 5) is 2.38. The molecule has 2 heteroatoms. The second-order valence-electron chi connectivity index (χ2n) is 5.16. The molecule has 0 bridgehead atoms. The lowest BCUT2D eigenvalue weighted by Gasteiger charge is -2.19. The summed E-state index contributed by atoms with van der Waals surface area (Å²) < 4.78 is 0. The van der Waals surface area contributed by atoms with E-state index in [9.17, 15) is 0 Å². The Morgan fingerprint density at radius 3 is 2.59 bits per heavy atom. The van der Waals surface area contributed by atoms with Gasteiger partial charge in [0.2, 0.25) is 0 Å². The quantitative estimate of drug-likeness (QED) is 0.751.